The van der Waals surface area contributed by atoms with E-state index in [1.54, 1.807) is 23.9 Å². The number of rotatable bonds is 7. The maximum atomic E-state index is 12.0. The van der Waals surface area contributed by atoms with Crippen LogP contribution < -0.4 is 15.4 Å². The molecule has 2 aromatic rings. The molecule has 0 aromatic heterocycles. The molecule has 0 aliphatic heterocycles. The second kappa shape index (κ2) is 9.20. The van der Waals surface area contributed by atoms with Crippen molar-refractivity contribution in [2.45, 2.75) is 17.9 Å². The monoisotopic (exact) mass is 346 g/mol. The molecule has 1 unspecified atom stereocenters. The molecule has 128 valence electrons. The number of hydrogen-bond acceptors (Lipinski definition) is 4. The van der Waals surface area contributed by atoms with E-state index in [2.05, 4.69) is 10.6 Å². The Hall–Kier alpha value is -2.18. The Morgan fingerprint density at radius 3 is 2.58 bits per heavy atom. The summed E-state index contributed by atoms with van der Waals surface area (Å²) in [4.78, 5) is 13.1. The lowest BCUT2D eigenvalue weighted by atomic mass is 10.1. The summed E-state index contributed by atoms with van der Waals surface area (Å²) in [5, 5.41) is 15.6. The first-order valence-electron chi connectivity index (χ1n) is 7.72. The van der Waals surface area contributed by atoms with Crippen molar-refractivity contribution in [3.05, 3.63) is 54.1 Å². The first-order valence-corrected chi connectivity index (χ1v) is 8.95. The number of para-hydroxylation sites is 2. The van der Waals surface area contributed by atoms with E-state index in [-0.39, 0.29) is 12.6 Å². The molecule has 0 saturated carbocycles. The van der Waals surface area contributed by atoms with E-state index < -0.39 is 6.10 Å². The Bertz CT molecular complexity index is 662. The van der Waals surface area contributed by atoms with Crippen molar-refractivity contribution in [2.24, 2.45) is 0 Å². The summed E-state index contributed by atoms with van der Waals surface area (Å²) < 4.78 is 5.46. The van der Waals surface area contributed by atoms with Crippen LogP contribution in [0.5, 0.6) is 5.75 Å². The number of hydrogen-bond donors (Lipinski definition) is 3. The van der Waals surface area contributed by atoms with Crippen molar-refractivity contribution >= 4 is 23.5 Å². The van der Waals surface area contributed by atoms with Gasteiger partial charge >= 0.3 is 6.03 Å². The quantitative estimate of drug-likeness (QED) is 0.669. The van der Waals surface area contributed by atoms with E-state index in [0.29, 0.717) is 18.0 Å². The number of amides is 2. The first kappa shape index (κ1) is 18.2. The molecule has 2 amide bonds. The molecule has 0 spiro atoms. The molecular weight excluding hydrogens is 324 g/mol. The first-order chi connectivity index (χ1) is 11.6. The van der Waals surface area contributed by atoms with Gasteiger partial charge in [-0.3, -0.25) is 0 Å². The van der Waals surface area contributed by atoms with E-state index >= 15 is 0 Å². The molecule has 0 aliphatic rings. The highest BCUT2D eigenvalue weighted by Gasteiger charge is 2.11. The van der Waals surface area contributed by atoms with Crippen molar-refractivity contribution in [1.82, 2.24) is 5.32 Å². The summed E-state index contributed by atoms with van der Waals surface area (Å²) in [7, 11) is 0. The van der Waals surface area contributed by atoms with Gasteiger partial charge in [-0.1, -0.05) is 24.3 Å². The zero-order chi connectivity index (χ0) is 17.4. The summed E-state index contributed by atoms with van der Waals surface area (Å²) in [6, 6.07) is 14.5. The van der Waals surface area contributed by atoms with Crippen LogP contribution in [0.2, 0.25) is 0 Å². The molecule has 0 heterocycles. The van der Waals surface area contributed by atoms with Crippen LogP contribution in [0.1, 0.15) is 18.6 Å². The minimum absolute atomic E-state index is 0.126. The van der Waals surface area contributed by atoms with Gasteiger partial charge in [0.05, 0.1) is 18.4 Å². The summed E-state index contributed by atoms with van der Waals surface area (Å²) in [6.45, 7) is 2.53. The van der Waals surface area contributed by atoms with Crippen molar-refractivity contribution in [3.63, 3.8) is 0 Å². The van der Waals surface area contributed by atoms with Crippen LogP contribution in [-0.4, -0.2) is 30.5 Å². The van der Waals surface area contributed by atoms with Crippen LogP contribution in [0.3, 0.4) is 0 Å². The fourth-order valence-corrected chi connectivity index (χ4v) is 2.56. The van der Waals surface area contributed by atoms with E-state index in [4.69, 9.17) is 4.74 Å². The fraction of sp³-hybridized carbons (Fsp3) is 0.278. The number of ether oxygens (including phenoxy) is 1. The molecule has 2 rings (SSSR count). The van der Waals surface area contributed by atoms with E-state index in [9.17, 15) is 9.90 Å². The highest BCUT2D eigenvalue weighted by atomic mass is 32.2. The number of thioether (sulfide) groups is 1. The Balaban J connectivity index is 1.88. The van der Waals surface area contributed by atoms with Gasteiger partial charge in [0, 0.05) is 11.4 Å². The zero-order valence-corrected chi connectivity index (χ0v) is 14.6. The van der Waals surface area contributed by atoms with Gasteiger partial charge in [-0.25, -0.2) is 4.79 Å². The second-order valence-corrected chi connectivity index (χ2v) is 5.93. The lowest BCUT2D eigenvalue weighted by molar-refractivity contribution is 0.175. The lowest BCUT2D eigenvalue weighted by Gasteiger charge is -2.15. The number of carbonyl (C=O) groups is 1. The Labute approximate surface area is 146 Å². The molecule has 0 bridgehead atoms. The van der Waals surface area contributed by atoms with Gasteiger partial charge in [-0.2, -0.15) is 0 Å². The minimum Gasteiger partial charge on any atom is -0.492 e. The van der Waals surface area contributed by atoms with E-state index in [0.717, 1.165) is 10.5 Å². The SMILES string of the molecule is CCOc1ccccc1NC(=O)NCC(O)c1ccc(SC)cc1. The molecule has 0 saturated heterocycles. The van der Waals surface area contributed by atoms with Crippen LogP contribution in [0.25, 0.3) is 0 Å². The minimum atomic E-state index is -0.756. The average Bonchev–Trinajstić information content (AvgIpc) is 2.61. The highest BCUT2D eigenvalue weighted by Crippen LogP contribution is 2.23. The Morgan fingerprint density at radius 2 is 1.92 bits per heavy atom. The summed E-state index contributed by atoms with van der Waals surface area (Å²) in [5.41, 5.74) is 1.36. The van der Waals surface area contributed by atoms with Gasteiger partial charge in [-0.05, 0) is 43.0 Å². The summed E-state index contributed by atoms with van der Waals surface area (Å²) in [6.07, 6.45) is 1.24. The van der Waals surface area contributed by atoms with Gasteiger partial charge in [-0.15, -0.1) is 11.8 Å². The molecule has 0 aliphatic carbocycles. The predicted octanol–water partition coefficient (Wildman–Crippen LogP) is 3.66. The van der Waals surface area contributed by atoms with Crippen LogP contribution in [0.15, 0.2) is 53.4 Å². The van der Waals surface area contributed by atoms with E-state index in [1.165, 1.54) is 0 Å². The Morgan fingerprint density at radius 1 is 1.21 bits per heavy atom. The lowest BCUT2D eigenvalue weighted by Crippen LogP contribution is -2.32. The molecule has 0 fully saturated rings. The molecular formula is C18H22N2O3S. The third kappa shape index (κ3) is 5.18. The molecule has 24 heavy (non-hydrogen) atoms. The summed E-state index contributed by atoms with van der Waals surface area (Å²) in [5.74, 6) is 0.614. The van der Waals surface area contributed by atoms with Crippen molar-refractivity contribution in [3.8, 4) is 5.75 Å². The molecule has 5 nitrogen and oxygen atoms in total. The van der Waals surface area contributed by atoms with Crippen LogP contribution in [0, 0.1) is 0 Å². The van der Waals surface area contributed by atoms with Gasteiger partial charge in [0.2, 0.25) is 0 Å². The standard InChI is InChI=1S/C18H22N2O3S/c1-3-23-17-7-5-4-6-15(17)20-18(22)19-12-16(21)13-8-10-14(24-2)11-9-13/h4-11,16,21H,3,12H2,1-2H3,(H2,19,20,22). The normalized spacial score (nSPS) is 11.6. The molecule has 0 radical (unpaired) electrons. The summed E-state index contributed by atoms with van der Waals surface area (Å²) >= 11 is 1.64. The van der Waals surface area contributed by atoms with Crippen LogP contribution in [0.4, 0.5) is 10.5 Å². The zero-order valence-electron chi connectivity index (χ0n) is 13.8. The van der Waals surface area contributed by atoms with E-state index in [1.807, 2.05) is 49.6 Å². The van der Waals surface area contributed by atoms with Gasteiger partial charge in [0.15, 0.2) is 0 Å². The maximum absolute atomic E-state index is 12.0. The fourth-order valence-electron chi connectivity index (χ4n) is 2.15. The largest absolute Gasteiger partial charge is 0.492 e. The van der Waals surface area contributed by atoms with Crippen molar-refractivity contribution in [2.75, 3.05) is 24.7 Å². The number of urea groups is 1. The number of benzene rings is 2. The molecule has 6 heteroatoms. The second-order valence-electron chi connectivity index (χ2n) is 5.05. The third-order valence-corrected chi connectivity index (χ3v) is 4.14. The van der Waals surface area contributed by atoms with Crippen molar-refractivity contribution in [1.29, 1.82) is 0 Å². The van der Waals surface area contributed by atoms with Crippen LogP contribution in [-0.2, 0) is 0 Å². The Kier molecular flexibility index (Phi) is 6.96. The number of anilines is 1. The number of carbonyl (C=O) groups excluding carboxylic acids is 1. The topological polar surface area (TPSA) is 70.6 Å². The van der Waals surface area contributed by atoms with Crippen LogP contribution >= 0.6 is 11.8 Å². The third-order valence-electron chi connectivity index (χ3n) is 3.39. The average molecular weight is 346 g/mol. The molecule has 1 atom stereocenters. The molecule has 3 N–H and O–H groups in total. The van der Waals surface area contributed by atoms with Crippen molar-refractivity contribution < 1.29 is 14.6 Å². The number of nitrogens with one attached hydrogen (secondary N) is 2. The predicted molar refractivity (Wildman–Crippen MR) is 97.8 cm³/mol. The van der Waals surface area contributed by atoms with Gasteiger partial charge < -0.3 is 20.5 Å². The highest BCUT2D eigenvalue weighted by molar-refractivity contribution is 7.98. The number of aliphatic hydroxyl groups excluding tert-OH is 1. The smallest absolute Gasteiger partial charge is 0.319 e. The molecule has 2 aromatic carbocycles. The van der Waals surface area contributed by atoms with Gasteiger partial charge in [0.1, 0.15) is 5.75 Å². The maximum Gasteiger partial charge on any atom is 0.319 e. The number of aliphatic hydroxyl groups is 1. The van der Waals surface area contributed by atoms with Gasteiger partial charge in [0.25, 0.3) is 0 Å².